The van der Waals surface area contributed by atoms with Crippen molar-refractivity contribution in [3.8, 4) is 5.69 Å². The summed E-state index contributed by atoms with van der Waals surface area (Å²) >= 11 is 5.95. The summed E-state index contributed by atoms with van der Waals surface area (Å²) in [5, 5.41) is 14.7. The molecule has 0 bridgehead atoms. The van der Waals surface area contributed by atoms with E-state index >= 15 is 0 Å². The van der Waals surface area contributed by atoms with E-state index in [1.807, 2.05) is 31.2 Å². The van der Waals surface area contributed by atoms with Crippen molar-refractivity contribution < 1.29 is 9.90 Å². The van der Waals surface area contributed by atoms with E-state index in [9.17, 15) is 9.90 Å². The van der Waals surface area contributed by atoms with E-state index in [0.717, 1.165) is 48.3 Å². The number of pyridine rings is 1. The highest BCUT2D eigenvalue weighted by atomic mass is 35.5. The average Bonchev–Trinajstić information content (AvgIpc) is 3.11. The van der Waals surface area contributed by atoms with Gasteiger partial charge in [-0.15, -0.1) is 0 Å². The highest BCUT2D eigenvalue weighted by Gasteiger charge is 2.22. The number of nitrogens with zero attached hydrogens (tertiary/aromatic N) is 3. The van der Waals surface area contributed by atoms with E-state index in [1.165, 1.54) is 0 Å². The van der Waals surface area contributed by atoms with E-state index in [-0.39, 0.29) is 11.9 Å². The fraction of sp³-hybridized carbons (Fsp3) is 0.348. The van der Waals surface area contributed by atoms with Crippen molar-refractivity contribution in [2.75, 3.05) is 0 Å². The zero-order valence-corrected chi connectivity index (χ0v) is 17.1. The fourth-order valence-electron chi connectivity index (χ4n) is 3.96. The van der Waals surface area contributed by atoms with E-state index in [4.69, 9.17) is 11.6 Å². The number of carbonyl (C=O) groups excluding carboxylic acids is 1. The highest BCUT2D eigenvalue weighted by Crippen LogP contribution is 2.31. The highest BCUT2D eigenvalue weighted by molar-refractivity contribution is 6.30. The van der Waals surface area contributed by atoms with Gasteiger partial charge in [-0.3, -0.25) is 9.78 Å². The molecular formula is C23H24ClN3O2. The molecule has 0 spiro atoms. The number of aromatic nitrogens is 3. The average molecular weight is 410 g/mol. The molecule has 1 N–H and O–H groups in total. The first kappa shape index (κ1) is 19.8. The van der Waals surface area contributed by atoms with Gasteiger partial charge in [0.1, 0.15) is 0 Å². The minimum Gasteiger partial charge on any atom is -0.393 e. The van der Waals surface area contributed by atoms with Gasteiger partial charge >= 0.3 is 0 Å². The van der Waals surface area contributed by atoms with Crippen molar-refractivity contribution in [3.05, 3.63) is 76.3 Å². The molecule has 1 aromatic carbocycles. The fourth-order valence-corrected chi connectivity index (χ4v) is 4.09. The van der Waals surface area contributed by atoms with Crippen molar-refractivity contribution in [2.45, 2.75) is 51.0 Å². The van der Waals surface area contributed by atoms with Gasteiger partial charge in [0.2, 0.25) is 0 Å². The van der Waals surface area contributed by atoms with Crippen LogP contribution in [-0.4, -0.2) is 31.8 Å². The molecule has 6 heteroatoms. The lowest BCUT2D eigenvalue weighted by Gasteiger charge is -2.24. The molecule has 150 valence electrons. The monoisotopic (exact) mass is 409 g/mol. The second-order valence-electron chi connectivity index (χ2n) is 7.73. The standard InChI is InChI=1S/C23H24ClN3O2/c1-15-21(14-26-27(15)19-7-5-18(24)6-8-19)23(29)12-16-2-11-22(25-13-16)17-3-9-20(28)10-4-17/h2,5-8,11,13-14,17,20,28H,3-4,9-10,12H2,1H3. The molecule has 1 fully saturated rings. The number of carbonyl (C=O) groups is 1. The summed E-state index contributed by atoms with van der Waals surface area (Å²) in [6, 6.07) is 11.4. The number of aliphatic hydroxyl groups is 1. The van der Waals surface area contributed by atoms with Crippen LogP contribution in [0.5, 0.6) is 0 Å². The Morgan fingerprint density at radius 3 is 2.48 bits per heavy atom. The predicted molar refractivity (Wildman–Crippen MR) is 113 cm³/mol. The number of rotatable bonds is 5. The Morgan fingerprint density at radius 1 is 1.10 bits per heavy atom. The van der Waals surface area contributed by atoms with Crippen LogP contribution in [0, 0.1) is 6.92 Å². The van der Waals surface area contributed by atoms with Gasteiger partial charge in [0.15, 0.2) is 5.78 Å². The zero-order chi connectivity index (χ0) is 20.4. The van der Waals surface area contributed by atoms with Gasteiger partial charge < -0.3 is 5.11 Å². The molecule has 2 heterocycles. The third-order valence-corrected chi connectivity index (χ3v) is 5.96. The van der Waals surface area contributed by atoms with Gasteiger partial charge in [-0.25, -0.2) is 4.68 Å². The summed E-state index contributed by atoms with van der Waals surface area (Å²) in [6.45, 7) is 1.90. The van der Waals surface area contributed by atoms with Crippen molar-refractivity contribution in [1.82, 2.24) is 14.8 Å². The summed E-state index contributed by atoms with van der Waals surface area (Å²) < 4.78 is 1.75. The molecule has 1 aliphatic carbocycles. The number of halogens is 1. The van der Waals surface area contributed by atoms with Crippen LogP contribution in [-0.2, 0) is 6.42 Å². The topological polar surface area (TPSA) is 68.0 Å². The molecule has 2 aromatic heterocycles. The van der Waals surface area contributed by atoms with Crippen LogP contribution in [0.2, 0.25) is 5.02 Å². The zero-order valence-electron chi connectivity index (χ0n) is 16.4. The quantitative estimate of drug-likeness (QED) is 0.621. The molecular weight excluding hydrogens is 386 g/mol. The van der Waals surface area contributed by atoms with Crippen LogP contribution in [0.1, 0.15) is 58.9 Å². The maximum Gasteiger partial charge on any atom is 0.170 e. The number of aliphatic hydroxyl groups excluding tert-OH is 1. The van der Waals surface area contributed by atoms with Crippen molar-refractivity contribution in [2.24, 2.45) is 0 Å². The van der Waals surface area contributed by atoms with Gasteiger partial charge in [0.05, 0.1) is 29.2 Å². The van der Waals surface area contributed by atoms with E-state index in [1.54, 1.807) is 29.2 Å². The van der Waals surface area contributed by atoms with Crippen LogP contribution in [0.4, 0.5) is 0 Å². The molecule has 1 saturated carbocycles. The Bertz CT molecular complexity index is 988. The van der Waals surface area contributed by atoms with Gasteiger partial charge in [0, 0.05) is 29.3 Å². The van der Waals surface area contributed by atoms with Crippen LogP contribution >= 0.6 is 11.6 Å². The molecule has 1 aliphatic rings. The Labute approximate surface area is 175 Å². The van der Waals surface area contributed by atoms with Gasteiger partial charge in [-0.1, -0.05) is 17.7 Å². The van der Waals surface area contributed by atoms with Gasteiger partial charge in [-0.2, -0.15) is 5.10 Å². The van der Waals surface area contributed by atoms with Crippen molar-refractivity contribution in [3.63, 3.8) is 0 Å². The van der Waals surface area contributed by atoms with E-state index in [2.05, 4.69) is 10.1 Å². The van der Waals surface area contributed by atoms with E-state index < -0.39 is 0 Å². The number of hydrogen-bond donors (Lipinski definition) is 1. The first-order valence-corrected chi connectivity index (χ1v) is 10.4. The van der Waals surface area contributed by atoms with Crippen molar-refractivity contribution >= 4 is 17.4 Å². The lowest BCUT2D eigenvalue weighted by molar-refractivity contribution is 0.0992. The minimum absolute atomic E-state index is 0.0260. The van der Waals surface area contributed by atoms with Crippen molar-refractivity contribution in [1.29, 1.82) is 0 Å². The maximum atomic E-state index is 12.8. The molecule has 0 radical (unpaired) electrons. The Morgan fingerprint density at radius 2 is 1.83 bits per heavy atom. The van der Waals surface area contributed by atoms with Crippen LogP contribution in [0.3, 0.4) is 0 Å². The Hall–Kier alpha value is -2.50. The van der Waals surface area contributed by atoms with Crippen LogP contribution < -0.4 is 0 Å². The summed E-state index contributed by atoms with van der Waals surface area (Å²) in [4.78, 5) is 17.4. The molecule has 0 atom stereocenters. The molecule has 5 nitrogen and oxygen atoms in total. The molecule has 29 heavy (non-hydrogen) atoms. The first-order valence-electron chi connectivity index (χ1n) is 9.98. The summed E-state index contributed by atoms with van der Waals surface area (Å²) in [7, 11) is 0. The third-order valence-electron chi connectivity index (χ3n) is 5.71. The second kappa shape index (κ2) is 8.47. The lowest BCUT2D eigenvalue weighted by Crippen LogP contribution is -2.17. The normalized spacial score (nSPS) is 19.3. The molecule has 0 aliphatic heterocycles. The van der Waals surface area contributed by atoms with Crippen LogP contribution in [0.25, 0.3) is 5.69 Å². The molecule has 0 unspecified atom stereocenters. The predicted octanol–water partition coefficient (Wildman–Crippen LogP) is 4.67. The minimum atomic E-state index is -0.167. The molecule has 4 rings (SSSR count). The lowest BCUT2D eigenvalue weighted by atomic mass is 9.85. The largest absolute Gasteiger partial charge is 0.393 e. The van der Waals surface area contributed by atoms with E-state index in [0.29, 0.717) is 22.9 Å². The molecule has 0 saturated heterocycles. The van der Waals surface area contributed by atoms with Crippen LogP contribution in [0.15, 0.2) is 48.8 Å². The molecule has 3 aromatic rings. The maximum absolute atomic E-state index is 12.8. The van der Waals surface area contributed by atoms with Gasteiger partial charge in [0.25, 0.3) is 0 Å². The third kappa shape index (κ3) is 4.41. The number of benzene rings is 1. The summed E-state index contributed by atoms with van der Waals surface area (Å²) in [5.41, 5.74) is 4.25. The second-order valence-corrected chi connectivity index (χ2v) is 8.17. The Kier molecular flexibility index (Phi) is 5.79. The number of Topliss-reactive ketones (excluding diaryl/α,β-unsaturated/α-hetero) is 1. The first-order chi connectivity index (χ1) is 14.0. The molecule has 0 amide bonds. The summed E-state index contributed by atoms with van der Waals surface area (Å²) in [6.07, 6.45) is 7.17. The number of ketones is 1. The number of hydrogen-bond acceptors (Lipinski definition) is 4. The SMILES string of the molecule is Cc1c(C(=O)Cc2ccc(C3CCC(O)CC3)nc2)cnn1-c1ccc(Cl)cc1. The Balaban J connectivity index is 1.45. The summed E-state index contributed by atoms with van der Waals surface area (Å²) in [5.74, 6) is 0.432. The van der Waals surface area contributed by atoms with Gasteiger partial charge in [-0.05, 0) is 68.5 Å². The smallest absolute Gasteiger partial charge is 0.170 e.